The maximum Gasteiger partial charge on any atom is 0.164 e. The maximum absolute atomic E-state index is 12.2. The van der Waals surface area contributed by atoms with Crippen molar-refractivity contribution in [3.63, 3.8) is 0 Å². The molecule has 6 rings (SSSR count). The van der Waals surface area contributed by atoms with E-state index in [0.717, 1.165) is 78.5 Å². The van der Waals surface area contributed by atoms with E-state index in [-0.39, 0.29) is 53.3 Å². The number of hydrogen-bond donors (Lipinski definition) is 1. The number of aliphatic hydroxyl groups excluding tert-OH is 1. The third kappa shape index (κ3) is 8.95. The normalized spacial score (nSPS) is 13.2. The Bertz CT molecular complexity index is 2160. The minimum atomic E-state index is -0.337. The van der Waals surface area contributed by atoms with E-state index < -0.39 is 0 Å². The van der Waals surface area contributed by atoms with Crippen molar-refractivity contribution in [2.45, 2.75) is 128 Å². The first-order valence-corrected chi connectivity index (χ1v) is 19.8. The Morgan fingerprint density at radius 3 is 2.02 bits per heavy atom. The largest absolute Gasteiger partial charge is 0.512 e. The van der Waals surface area contributed by atoms with Gasteiger partial charge in [-0.1, -0.05) is 136 Å². The molecule has 0 bridgehead atoms. The van der Waals surface area contributed by atoms with Crippen molar-refractivity contribution < 1.29 is 34.7 Å². The van der Waals surface area contributed by atoms with Crippen molar-refractivity contribution in [1.29, 1.82) is 0 Å². The number of ketones is 1. The average Bonchev–Trinajstić information content (AvgIpc) is 3.12. The zero-order valence-electron chi connectivity index (χ0n) is 34.8. The predicted octanol–water partition coefficient (Wildman–Crippen LogP) is 14.3. The third-order valence-corrected chi connectivity index (χ3v) is 11.9. The van der Waals surface area contributed by atoms with Gasteiger partial charge in [-0.2, -0.15) is 0 Å². The van der Waals surface area contributed by atoms with Crippen molar-refractivity contribution in [3.8, 4) is 22.8 Å². The number of carbonyl (C=O) groups excluding carboxylic acids is 1. The molecule has 4 aromatic carbocycles. The first kappa shape index (κ1) is 43.2. The van der Waals surface area contributed by atoms with E-state index in [1.807, 2.05) is 47.7 Å². The van der Waals surface area contributed by atoms with Gasteiger partial charge in [0.05, 0.1) is 5.75 Å². The molecule has 0 saturated carbocycles. The first-order chi connectivity index (χ1) is 24.9. The minimum absolute atomic E-state index is 0. The number of carbonyl (C=O) groups is 1. The fraction of sp³-hybridized carbons (Fsp3) is 0.469. The van der Waals surface area contributed by atoms with E-state index >= 15 is 0 Å². The van der Waals surface area contributed by atoms with Crippen LogP contribution in [0.5, 0.6) is 11.5 Å². The number of hydrogen-bond acceptors (Lipinski definition) is 4. The molecule has 5 aromatic rings. The van der Waals surface area contributed by atoms with Crippen LogP contribution in [0.4, 0.5) is 0 Å². The Balaban J connectivity index is 0.000000309. The molecule has 0 spiro atoms. The smallest absolute Gasteiger partial charge is 0.164 e. The maximum atomic E-state index is 12.2. The molecule has 1 aromatic heterocycles. The molecule has 291 valence electrons. The summed E-state index contributed by atoms with van der Waals surface area (Å²) in [7, 11) is 0. The molecule has 0 atom stereocenters. The van der Waals surface area contributed by atoms with Crippen LogP contribution in [0, 0.1) is 27.7 Å². The summed E-state index contributed by atoms with van der Waals surface area (Å²) < 4.78 is 6.88. The molecule has 1 N–H and O–H groups in total. The Kier molecular flexibility index (Phi) is 13.3. The number of fused-ring (bicyclic) bond motifs is 5. The van der Waals surface area contributed by atoms with Gasteiger partial charge >= 0.3 is 0 Å². The van der Waals surface area contributed by atoms with Gasteiger partial charge in [0.15, 0.2) is 5.78 Å². The van der Waals surface area contributed by atoms with Crippen molar-refractivity contribution >= 4 is 38.1 Å². The molecule has 0 saturated heterocycles. The predicted molar refractivity (Wildman–Crippen MR) is 225 cm³/mol. The van der Waals surface area contributed by atoms with E-state index in [2.05, 4.69) is 102 Å². The second kappa shape index (κ2) is 16.7. The number of pyridine rings is 1. The Labute approximate surface area is 338 Å². The van der Waals surface area contributed by atoms with Crippen LogP contribution in [0.1, 0.15) is 126 Å². The molecule has 54 heavy (non-hydrogen) atoms. The molecule has 4 nitrogen and oxygen atoms in total. The molecule has 1 radical (unpaired) electrons. The van der Waals surface area contributed by atoms with Gasteiger partial charge in [-0.05, 0) is 89.6 Å². The van der Waals surface area contributed by atoms with Gasteiger partial charge in [-0.15, -0.1) is 17.5 Å². The van der Waals surface area contributed by atoms with E-state index in [0.29, 0.717) is 0 Å². The summed E-state index contributed by atoms with van der Waals surface area (Å²) in [5.41, 5.74) is 4.43. The van der Waals surface area contributed by atoms with Crippen LogP contribution in [0.3, 0.4) is 0 Å². The van der Waals surface area contributed by atoms with E-state index in [1.54, 1.807) is 0 Å². The number of nitrogens with zero attached hydrogens (tertiary/aromatic N) is 1. The van der Waals surface area contributed by atoms with Gasteiger partial charge in [-0.25, -0.2) is 0 Å². The number of aromatic nitrogens is 1. The van der Waals surface area contributed by atoms with Crippen LogP contribution in [0.15, 0.2) is 72.6 Å². The summed E-state index contributed by atoms with van der Waals surface area (Å²) >= 11 is 0. The quantitative estimate of drug-likeness (QED) is 0.0644. The first-order valence-electron chi connectivity index (χ1n) is 19.8. The van der Waals surface area contributed by atoms with Crippen LogP contribution in [-0.4, -0.2) is 15.9 Å². The molecular formula is C49H62IrNO3-. The number of ether oxygens (including phenoxy) is 1. The van der Waals surface area contributed by atoms with Crippen molar-refractivity contribution in [2.24, 2.45) is 21.7 Å². The second-order valence-corrected chi connectivity index (χ2v) is 18.2. The molecule has 0 amide bonds. The third-order valence-electron chi connectivity index (χ3n) is 11.9. The number of allylic oxidation sites excluding steroid dienone is 2. The molecule has 0 fully saturated rings. The number of rotatable bonds is 10. The topological polar surface area (TPSA) is 59.4 Å². The standard InChI is InChI=1S/C34H34NO.C15H28O2.Ir/c1-33(2,3)16-14-26-23-12-8-7-10-21(23)18-28-31-30-25(15-17-35-31)24-13-9-11-22(20-34(4,5)6)27(24)19-29(30)36-32(26)28;1-7-14(5,8-2)12(16)11-13(17)15(6,9-3)10-4;/h7-13,15,17,19H,14,16,20H2,1-6H3;11,16H,7-10H2,1-6H3;/q-1;;/b;12-11-;. The number of aliphatic hydroxyl groups is 1. The summed E-state index contributed by atoms with van der Waals surface area (Å²) in [5.74, 6) is 2.13. The molecular weight excluding hydrogens is 843 g/mol. The molecule has 2 heterocycles. The molecule has 0 aliphatic carbocycles. The summed E-state index contributed by atoms with van der Waals surface area (Å²) in [5, 5.41) is 17.3. The number of benzene rings is 4. The summed E-state index contributed by atoms with van der Waals surface area (Å²) in [6, 6.07) is 23.3. The van der Waals surface area contributed by atoms with Crippen LogP contribution in [0.2, 0.25) is 0 Å². The van der Waals surface area contributed by atoms with E-state index in [9.17, 15) is 9.90 Å². The summed E-state index contributed by atoms with van der Waals surface area (Å²) in [6.07, 6.45) is 9.75. The van der Waals surface area contributed by atoms with Crippen LogP contribution in [0.25, 0.3) is 43.6 Å². The SMILES string of the molecule is CC(C)(C)CCc1c2c([c-]c3ccccc13)-c1nccc3c1c(cc1c(CC(C)(C)C)cccc13)O2.CCC(C)(CC)C(=O)/C=C(\O)C(C)(CC)CC.[Ir]. The van der Waals surface area contributed by atoms with E-state index in [4.69, 9.17) is 9.72 Å². The monoisotopic (exact) mass is 905 g/mol. The average molecular weight is 905 g/mol. The summed E-state index contributed by atoms with van der Waals surface area (Å²) in [4.78, 5) is 17.1. The Hall–Kier alpha value is -3.53. The van der Waals surface area contributed by atoms with Gasteiger partial charge in [0.1, 0.15) is 11.5 Å². The number of aryl methyl sites for hydroxylation is 1. The fourth-order valence-corrected chi connectivity index (χ4v) is 7.29. The second-order valence-electron chi connectivity index (χ2n) is 18.2. The minimum Gasteiger partial charge on any atom is -0.512 e. The molecule has 5 heteroatoms. The van der Waals surface area contributed by atoms with Crippen LogP contribution >= 0.6 is 0 Å². The van der Waals surface area contributed by atoms with Crippen molar-refractivity contribution in [3.05, 3.63) is 89.8 Å². The van der Waals surface area contributed by atoms with Gasteiger partial charge in [0, 0.05) is 54.3 Å². The molecule has 0 unspecified atom stereocenters. The zero-order chi connectivity index (χ0) is 38.9. The molecule has 1 aliphatic rings. The van der Waals surface area contributed by atoms with Gasteiger partial charge in [0.25, 0.3) is 0 Å². The Morgan fingerprint density at radius 2 is 1.41 bits per heavy atom. The van der Waals surface area contributed by atoms with Gasteiger partial charge in [-0.3, -0.25) is 9.78 Å². The zero-order valence-corrected chi connectivity index (χ0v) is 37.2. The Morgan fingerprint density at radius 1 is 0.778 bits per heavy atom. The molecule has 1 aliphatic heterocycles. The van der Waals surface area contributed by atoms with Crippen molar-refractivity contribution in [1.82, 2.24) is 4.98 Å². The van der Waals surface area contributed by atoms with E-state index in [1.165, 1.54) is 38.7 Å². The van der Waals surface area contributed by atoms with Gasteiger partial charge in [0.2, 0.25) is 0 Å². The van der Waals surface area contributed by atoms with Gasteiger partial charge < -0.3 is 9.84 Å². The summed E-state index contributed by atoms with van der Waals surface area (Å²) in [6.45, 7) is 25.9. The van der Waals surface area contributed by atoms with Crippen LogP contribution in [-0.2, 0) is 37.7 Å². The van der Waals surface area contributed by atoms with Crippen molar-refractivity contribution in [2.75, 3.05) is 0 Å². The fourth-order valence-electron chi connectivity index (χ4n) is 7.29. The van der Waals surface area contributed by atoms with Crippen LogP contribution < -0.4 is 4.74 Å².